The average molecular weight is 500 g/mol. The highest BCUT2D eigenvalue weighted by Gasteiger charge is 2.46. The van der Waals surface area contributed by atoms with E-state index in [1.54, 1.807) is 0 Å². The number of hydrogen-bond acceptors (Lipinski definition) is 11. The van der Waals surface area contributed by atoms with Gasteiger partial charge in [-0.25, -0.2) is 18.5 Å². The molecule has 16 nitrogen and oxygen atoms in total. The van der Waals surface area contributed by atoms with Crippen LogP contribution in [0.1, 0.15) is 6.23 Å². The van der Waals surface area contributed by atoms with Crippen molar-refractivity contribution in [2.75, 3.05) is 6.61 Å². The van der Waals surface area contributed by atoms with Gasteiger partial charge in [0.1, 0.15) is 6.10 Å². The number of phosphoric acid groups is 3. The van der Waals surface area contributed by atoms with E-state index < -0.39 is 65.0 Å². The topological polar surface area (TPSA) is 244 Å². The van der Waals surface area contributed by atoms with E-state index in [4.69, 9.17) is 19.4 Å². The van der Waals surface area contributed by atoms with Crippen LogP contribution in [0.5, 0.6) is 0 Å². The minimum atomic E-state index is -5.69. The van der Waals surface area contributed by atoms with Gasteiger partial charge in [-0.1, -0.05) is 0 Å². The number of hydrogen-bond donors (Lipinski definition) is 7. The number of aromatic nitrogens is 2. The molecular weight excluding hydrogens is 485 g/mol. The number of phosphoric ester groups is 1. The van der Waals surface area contributed by atoms with E-state index >= 15 is 0 Å². The fourth-order valence-electron chi connectivity index (χ4n) is 2.20. The van der Waals surface area contributed by atoms with Crippen LogP contribution in [-0.4, -0.2) is 58.3 Å². The molecule has 1 aromatic rings. The lowest BCUT2D eigenvalue weighted by molar-refractivity contribution is -0.0447. The summed E-state index contributed by atoms with van der Waals surface area (Å²) in [6.45, 7) is -0.934. The Kier molecular flexibility index (Phi) is 7.51. The normalized spacial score (nSPS) is 29.3. The van der Waals surface area contributed by atoms with Gasteiger partial charge >= 0.3 is 29.2 Å². The maximum Gasteiger partial charge on any atom is 0.490 e. The molecule has 6 N–H and O–H groups in total. The second-order valence-electron chi connectivity index (χ2n) is 5.45. The zero-order chi connectivity index (χ0) is 22.2. The zero-order valence-corrected chi connectivity index (χ0v) is 17.4. The maximum atomic E-state index is 11.8. The molecule has 6 atom stereocenters. The molecule has 1 aliphatic rings. The number of aliphatic hydroxyl groups is 1. The Bertz CT molecular complexity index is 1000. The van der Waals surface area contributed by atoms with Gasteiger partial charge in [-0.3, -0.25) is 18.9 Å². The number of nitrogens with zero attached hydrogens (tertiary/aromatic N) is 1. The van der Waals surface area contributed by atoms with Gasteiger partial charge in [0.15, 0.2) is 6.23 Å². The Hall–Kier alpha value is -0.640. The first-order valence-electron chi connectivity index (χ1n) is 7.22. The van der Waals surface area contributed by atoms with Crippen LogP contribution < -0.4 is 11.2 Å². The molecule has 29 heavy (non-hydrogen) atoms. The first-order valence-corrected chi connectivity index (χ1v) is 12.3. The molecule has 0 aliphatic carbocycles. The lowest BCUT2D eigenvalue weighted by Crippen LogP contribution is -2.35. The standard InChI is InChI=1S/C9H15N2O14P3S/c12-5-1-2-11(9(14)10-5)8-7(29)6(13)4(23-8)3-22-27(18,19)25-28(20,21)24-26(15,16)17/h1-2,4,6-8,13,29H,3H2,(H,18,19)(H,20,21)(H,10,12,14)(H2,15,16,17)/t4-,6?,7?,8-/m0/s1. The van der Waals surface area contributed by atoms with Gasteiger partial charge in [-0.2, -0.15) is 21.3 Å². The number of aliphatic hydroxyl groups excluding tert-OH is 1. The monoisotopic (exact) mass is 500 g/mol. The summed E-state index contributed by atoms with van der Waals surface area (Å²) in [6, 6.07) is 0.997. The summed E-state index contributed by atoms with van der Waals surface area (Å²) in [5.74, 6) is 0. The number of H-pyrrole nitrogens is 1. The van der Waals surface area contributed by atoms with E-state index in [9.17, 15) is 33.3 Å². The molecule has 0 saturated carbocycles. The fourth-order valence-corrected chi connectivity index (χ4v) is 5.63. The molecular formula is C9H15N2O14P3S. The quantitative estimate of drug-likeness (QED) is 0.158. The number of thiol groups is 1. The van der Waals surface area contributed by atoms with Gasteiger partial charge in [-0.05, 0) is 0 Å². The Labute approximate surface area is 165 Å². The molecule has 0 amide bonds. The number of aromatic amines is 1. The van der Waals surface area contributed by atoms with E-state index in [0.717, 1.165) is 16.8 Å². The van der Waals surface area contributed by atoms with Crippen molar-refractivity contribution >= 4 is 36.1 Å². The summed E-state index contributed by atoms with van der Waals surface area (Å²) in [4.78, 5) is 60.2. The predicted octanol–water partition coefficient (Wildman–Crippen LogP) is -1.56. The molecule has 2 heterocycles. The van der Waals surface area contributed by atoms with Gasteiger partial charge in [0.2, 0.25) is 0 Å². The van der Waals surface area contributed by atoms with E-state index in [0.29, 0.717) is 0 Å². The number of ether oxygens (including phenoxy) is 1. The van der Waals surface area contributed by atoms with Crippen LogP contribution in [0.15, 0.2) is 21.9 Å². The molecule has 0 aromatic carbocycles. The first-order chi connectivity index (χ1) is 13.1. The zero-order valence-electron chi connectivity index (χ0n) is 13.8. The predicted molar refractivity (Wildman–Crippen MR) is 93.8 cm³/mol. The lowest BCUT2D eigenvalue weighted by atomic mass is 10.2. The third-order valence-corrected chi connectivity index (χ3v) is 7.64. The molecule has 2 rings (SSSR count). The lowest BCUT2D eigenvalue weighted by Gasteiger charge is -2.19. The van der Waals surface area contributed by atoms with E-state index in [2.05, 4.69) is 25.8 Å². The van der Waals surface area contributed by atoms with Crippen LogP contribution in [0.25, 0.3) is 0 Å². The van der Waals surface area contributed by atoms with Gasteiger partial charge in [0.25, 0.3) is 5.56 Å². The summed E-state index contributed by atoms with van der Waals surface area (Å²) >= 11 is 4.07. The minimum absolute atomic E-state index is 0.690. The second-order valence-corrected chi connectivity index (χ2v) is 10.5. The van der Waals surface area contributed by atoms with E-state index in [1.165, 1.54) is 0 Å². The summed E-state index contributed by atoms with van der Waals surface area (Å²) in [7, 11) is -16.7. The first kappa shape index (κ1) is 24.6. The molecule has 1 aliphatic heterocycles. The average Bonchev–Trinajstić information content (AvgIpc) is 2.78. The number of nitrogens with one attached hydrogen (secondary N) is 1. The SMILES string of the molecule is O=c1ccn([C@H]2O[C@@H](COP(=O)(O)OP(=O)(O)OP(=O)(O)O)C(O)C2S)c(=O)[nH]1. The Balaban J connectivity index is 2.06. The van der Waals surface area contributed by atoms with Crippen molar-refractivity contribution in [2.24, 2.45) is 0 Å². The van der Waals surface area contributed by atoms with Gasteiger partial charge in [-0.15, -0.1) is 0 Å². The van der Waals surface area contributed by atoms with E-state index in [-0.39, 0.29) is 0 Å². The summed E-state index contributed by atoms with van der Waals surface area (Å²) < 4.78 is 51.2. The second kappa shape index (κ2) is 8.85. The molecule has 20 heteroatoms. The highest BCUT2D eigenvalue weighted by molar-refractivity contribution is 7.81. The van der Waals surface area contributed by atoms with E-state index in [1.807, 2.05) is 4.98 Å². The smallest absolute Gasteiger partial charge is 0.389 e. The van der Waals surface area contributed by atoms with Gasteiger partial charge < -0.3 is 29.4 Å². The Morgan fingerprint density at radius 1 is 1.14 bits per heavy atom. The molecule has 4 unspecified atom stereocenters. The summed E-state index contributed by atoms with van der Waals surface area (Å²) in [5.41, 5.74) is -1.58. The van der Waals surface area contributed by atoms with Crippen LogP contribution in [0, 0.1) is 0 Å². The van der Waals surface area contributed by atoms with Crippen molar-refractivity contribution in [1.29, 1.82) is 0 Å². The van der Waals surface area contributed by atoms with Crippen molar-refractivity contribution in [3.05, 3.63) is 33.1 Å². The summed E-state index contributed by atoms with van der Waals surface area (Å²) in [6.07, 6.45) is -3.04. The van der Waals surface area contributed by atoms with Crippen LogP contribution >= 0.6 is 36.1 Å². The fraction of sp³-hybridized carbons (Fsp3) is 0.556. The minimum Gasteiger partial charge on any atom is -0.389 e. The molecule has 1 fully saturated rings. The Morgan fingerprint density at radius 2 is 1.76 bits per heavy atom. The highest BCUT2D eigenvalue weighted by atomic mass is 32.1. The molecule has 0 bridgehead atoms. The molecule has 0 radical (unpaired) electrons. The molecule has 1 aromatic heterocycles. The third kappa shape index (κ3) is 6.94. The van der Waals surface area contributed by atoms with Crippen molar-refractivity contribution in [3.8, 4) is 0 Å². The largest absolute Gasteiger partial charge is 0.490 e. The Morgan fingerprint density at radius 3 is 2.31 bits per heavy atom. The van der Waals surface area contributed by atoms with Crippen LogP contribution in [0.2, 0.25) is 0 Å². The maximum absolute atomic E-state index is 11.8. The third-order valence-electron chi connectivity index (χ3n) is 3.28. The molecule has 166 valence electrons. The summed E-state index contributed by atoms with van der Waals surface area (Å²) in [5, 5.41) is 9.04. The van der Waals surface area contributed by atoms with Crippen molar-refractivity contribution < 1.29 is 56.3 Å². The van der Waals surface area contributed by atoms with Crippen LogP contribution in [-0.2, 0) is 31.6 Å². The van der Waals surface area contributed by atoms with Crippen molar-refractivity contribution in [2.45, 2.75) is 23.7 Å². The van der Waals surface area contributed by atoms with Crippen LogP contribution in [0.3, 0.4) is 0 Å². The van der Waals surface area contributed by atoms with Crippen molar-refractivity contribution in [3.63, 3.8) is 0 Å². The number of rotatable bonds is 8. The molecule has 1 saturated heterocycles. The van der Waals surface area contributed by atoms with Crippen molar-refractivity contribution in [1.82, 2.24) is 9.55 Å². The van der Waals surface area contributed by atoms with Gasteiger partial charge in [0.05, 0.1) is 18.0 Å². The molecule has 0 spiro atoms. The van der Waals surface area contributed by atoms with Crippen LogP contribution in [0.4, 0.5) is 0 Å². The van der Waals surface area contributed by atoms with Gasteiger partial charge in [0, 0.05) is 12.3 Å². The highest BCUT2D eigenvalue weighted by Crippen LogP contribution is 2.66.